The molecule has 0 fully saturated rings. The molecule has 212 valence electrons. The van der Waals surface area contributed by atoms with Gasteiger partial charge in [0, 0.05) is 36.6 Å². The lowest BCUT2D eigenvalue weighted by molar-refractivity contribution is -0.383. The zero-order valence-electron chi connectivity index (χ0n) is 23.3. The molecule has 0 bridgehead atoms. The largest absolute Gasteiger partial charge is 0.497 e. The molecular formula is C30H32N6O5. The molecule has 11 nitrogen and oxygen atoms in total. The van der Waals surface area contributed by atoms with Gasteiger partial charge in [-0.2, -0.15) is 0 Å². The molecule has 3 aromatic carbocycles. The monoisotopic (exact) mass is 556 g/mol. The highest BCUT2D eigenvalue weighted by atomic mass is 16.6. The van der Waals surface area contributed by atoms with Crippen LogP contribution in [0.5, 0.6) is 5.75 Å². The van der Waals surface area contributed by atoms with Crippen molar-refractivity contribution in [3.63, 3.8) is 0 Å². The third kappa shape index (κ3) is 8.15. The van der Waals surface area contributed by atoms with Gasteiger partial charge in [-0.25, -0.2) is 14.8 Å². The summed E-state index contributed by atoms with van der Waals surface area (Å²) in [5, 5.41) is 18.2. The van der Waals surface area contributed by atoms with Crippen molar-refractivity contribution in [3.05, 3.63) is 106 Å². The maximum atomic E-state index is 12.5. The molecule has 11 heteroatoms. The van der Waals surface area contributed by atoms with E-state index in [-0.39, 0.29) is 17.3 Å². The summed E-state index contributed by atoms with van der Waals surface area (Å²) in [5.41, 5.74) is 1.73. The average Bonchev–Trinajstić information content (AvgIpc) is 2.92. The number of amides is 1. The van der Waals surface area contributed by atoms with E-state index in [2.05, 4.69) is 20.6 Å². The highest BCUT2D eigenvalue weighted by Gasteiger charge is 2.28. The Labute approximate surface area is 238 Å². The van der Waals surface area contributed by atoms with E-state index in [1.807, 2.05) is 65.6 Å². The summed E-state index contributed by atoms with van der Waals surface area (Å²) in [5.74, 6) is 0.561. The second kappa shape index (κ2) is 12.8. The lowest BCUT2D eigenvalue weighted by Crippen LogP contribution is -2.27. The summed E-state index contributed by atoms with van der Waals surface area (Å²) in [4.78, 5) is 34.7. The van der Waals surface area contributed by atoms with Crippen LogP contribution in [0.2, 0.25) is 0 Å². The highest BCUT2D eigenvalue weighted by Crippen LogP contribution is 2.36. The molecule has 41 heavy (non-hydrogen) atoms. The molecule has 0 radical (unpaired) electrons. The van der Waals surface area contributed by atoms with Crippen LogP contribution in [0, 0.1) is 10.1 Å². The fourth-order valence-corrected chi connectivity index (χ4v) is 4.09. The van der Waals surface area contributed by atoms with Crippen LogP contribution in [0.4, 0.5) is 33.5 Å². The molecule has 0 aliphatic heterocycles. The molecule has 1 heterocycles. The minimum Gasteiger partial charge on any atom is -0.497 e. The summed E-state index contributed by atoms with van der Waals surface area (Å²) in [6, 6.07) is 24.2. The number of nitrogens with one attached hydrogen (secondary N) is 2. The van der Waals surface area contributed by atoms with Crippen molar-refractivity contribution in [1.82, 2.24) is 9.97 Å². The van der Waals surface area contributed by atoms with Crippen LogP contribution in [0.25, 0.3) is 0 Å². The molecule has 0 saturated heterocycles. The first-order valence-electron chi connectivity index (χ1n) is 12.9. The Kier molecular flexibility index (Phi) is 8.98. The smallest absolute Gasteiger partial charge is 0.412 e. The van der Waals surface area contributed by atoms with Gasteiger partial charge in [0.15, 0.2) is 0 Å². The minimum atomic E-state index is -0.687. The number of aromatic nitrogens is 2. The maximum absolute atomic E-state index is 12.5. The molecule has 1 aromatic heterocycles. The molecule has 0 aliphatic rings. The Morgan fingerprint density at radius 3 is 2.05 bits per heavy atom. The number of rotatable bonds is 10. The predicted molar refractivity (Wildman–Crippen MR) is 158 cm³/mol. The number of nitrogens with zero attached hydrogens (tertiary/aromatic N) is 4. The molecule has 4 rings (SSSR count). The van der Waals surface area contributed by atoms with Gasteiger partial charge in [-0.05, 0) is 38.0 Å². The van der Waals surface area contributed by atoms with Crippen molar-refractivity contribution >= 4 is 34.8 Å². The third-order valence-electron chi connectivity index (χ3n) is 5.77. The van der Waals surface area contributed by atoms with Crippen LogP contribution >= 0.6 is 0 Å². The molecule has 4 aromatic rings. The standard InChI is InChI=1S/C30H32N6O5/c1-30(2,3)41-29(37)34-24-15-23(16-25(17-24)40-4)33-27-26(36(38)39)28(32-20-31-27)35(18-21-11-7-5-8-12-21)19-22-13-9-6-10-14-22/h5-17,20H,18-19H2,1-4H3,(H,34,37)(H,31,32,33). The van der Waals surface area contributed by atoms with Crippen LogP contribution in [-0.4, -0.2) is 33.7 Å². The first kappa shape index (κ1) is 28.8. The van der Waals surface area contributed by atoms with E-state index < -0.39 is 16.6 Å². The molecule has 0 unspecified atom stereocenters. The fraction of sp³-hybridized carbons (Fsp3) is 0.233. The summed E-state index contributed by atoms with van der Waals surface area (Å²) in [7, 11) is 1.48. The van der Waals surface area contributed by atoms with Crippen LogP contribution < -0.4 is 20.3 Å². The second-order valence-electron chi connectivity index (χ2n) is 10.2. The van der Waals surface area contributed by atoms with E-state index in [9.17, 15) is 14.9 Å². The average molecular weight is 557 g/mol. The number of ether oxygens (including phenoxy) is 2. The second-order valence-corrected chi connectivity index (χ2v) is 10.2. The topological polar surface area (TPSA) is 132 Å². The van der Waals surface area contributed by atoms with Crippen LogP contribution in [0.1, 0.15) is 31.9 Å². The zero-order valence-corrected chi connectivity index (χ0v) is 23.3. The van der Waals surface area contributed by atoms with Gasteiger partial charge < -0.3 is 19.7 Å². The van der Waals surface area contributed by atoms with Gasteiger partial charge >= 0.3 is 11.8 Å². The SMILES string of the molecule is COc1cc(NC(=O)OC(C)(C)C)cc(Nc2ncnc(N(Cc3ccccc3)Cc3ccccc3)c2[N+](=O)[O-])c1. The van der Waals surface area contributed by atoms with Gasteiger partial charge in [0.05, 0.1) is 12.0 Å². The van der Waals surface area contributed by atoms with Gasteiger partial charge in [0.25, 0.3) is 0 Å². The molecule has 2 N–H and O–H groups in total. The fourth-order valence-electron chi connectivity index (χ4n) is 4.09. The number of benzene rings is 3. The van der Waals surface area contributed by atoms with Crippen molar-refractivity contribution in [2.75, 3.05) is 22.6 Å². The van der Waals surface area contributed by atoms with Gasteiger partial charge in [-0.15, -0.1) is 0 Å². The normalized spacial score (nSPS) is 10.9. The number of nitro groups is 1. The number of hydrogen-bond donors (Lipinski definition) is 2. The van der Waals surface area contributed by atoms with Gasteiger partial charge in [-0.3, -0.25) is 15.4 Å². The van der Waals surface area contributed by atoms with E-state index in [1.165, 1.54) is 13.4 Å². The van der Waals surface area contributed by atoms with Crippen molar-refractivity contribution in [2.45, 2.75) is 39.5 Å². The molecule has 0 spiro atoms. The molecule has 0 saturated carbocycles. The number of methoxy groups -OCH3 is 1. The first-order valence-corrected chi connectivity index (χ1v) is 12.9. The van der Waals surface area contributed by atoms with Crippen molar-refractivity contribution < 1.29 is 19.2 Å². The Bertz CT molecular complexity index is 1450. The molecule has 1 amide bonds. The lowest BCUT2D eigenvalue weighted by atomic mass is 10.1. The zero-order chi connectivity index (χ0) is 29.4. The van der Waals surface area contributed by atoms with Crippen molar-refractivity contribution in [2.24, 2.45) is 0 Å². The maximum Gasteiger partial charge on any atom is 0.412 e. The Hall–Kier alpha value is -5.19. The van der Waals surface area contributed by atoms with Gasteiger partial charge in [0.2, 0.25) is 11.6 Å². The predicted octanol–water partition coefficient (Wildman–Crippen LogP) is 6.69. The van der Waals surface area contributed by atoms with E-state index in [4.69, 9.17) is 9.47 Å². The van der Waals surface area contributed by atoms with E-state index >= 15 is 0 Å². The lowest BCUT2D eigenvalue weighted by Gasteiger charge is -2.24. The summed E-state index contributed by atoms with van der Waals surface area (Å²) >= 11 is 0. The van der Waals surface area contributed by atoms with Crippen LogP contribution in [-0.2, 0) is 17.8 Å². The molecular weight excluding hydrogens is 524 g/mol. The molecule has 0 atom stereocenters. The van der Waals surface area contributed by atoms with Crippen molar-refractivity contribution in [3.8, 4) is 5.75 Å². The molecule has 0 aliphatic carbocycles. The Morgan fingerprint density at radius 2 is 1.51 bits per heavy atom. The first-order chi connectivity index (χ1) is 19.6. The van der Waals surface area contributed by atoms with Gasteiger partial charge in [0.1, 0.15) is 17.7 Å². The van der Waals surface area contributed by atoms with E-state index in [1.54, 1.807) is 39.0 Å². The summed E-state index contributed by atoms with van der Waals surface area (Å²) < 4.78 is 10.7. The number of carbonyl (C=O) groups excluding carboxylic acids is 1. The van der Waals surface area contributed by atoms with Gasteiger partial charge in [-0.1, -0.05) is 60.7 Å². The van der Waals surface area contributed by atoms with Crippen LogP contribution in [0.15, 0.2) is 85.2 Å². The highest BCUT2D eigenvalue weighted by molar-refractivity contribution is 5.87. The van der Waals surface area contributed by atoms with E-state index in [0.29, 0.717) is 30.2 Å². The number of anilines is 4. The summed E-state index contributed by atoms with van der Waals surface area (Å²) in [6.45, 7) is 6.05. The quantitative estimate of drug-likeness (QED) is 0.162. The third-order valence-corrected chi connectivity index (χ3v) is 5.77. The minimum absolute atomic E-state index is 0.0115. The Morgan fingerprint density at radius 1 is 0.927 bits per heavy atom. The number of carbonyl (C=O) groups is 1. The van der Waals surface area contributed by atoms with E-state index in [0.717, 1.165) is 11.1 Å². The van der Waals surface area contributed by atoms with Crippen LogP contribution in [0.3, 0.4) is 0 Å². The summed E-state index contributed by atoms with van der Waals surface area (Å²) in [6.07, 6.45) is 0.637. The number of hydrogen-bond acceptors (Lipinski definition) is 9. The Balaban J connectivity index is 1.70. The van der Waals surface area contributed by atoms with Crippen molar-refractivity contribution in [1.29, 1.82) is 0 Å².